The average molecular weight is 343 g/mol. The van der Waals surface area contributed by atoms with Gasteiger partial charge in [-0.1, -0.05) is 30.3 Å². The van der Waals surface area contributed by atoms with Gasteiger partial charge in [0.15, 0.2) is 6.23 Å². The molecule has 0 saturated heterocycles. The van der Waals surface area contributed by atoms with Crippen LogP contribution in [0.3, 0.4) is 0 Å². The van der Waals surface area contributed by atoms with Crippen molar-refractivity contribution in [3.8, 4) is 0 Å². The second-order valence-corrected chi connectivity index (χ2v) is 6.32. The Labute approximate surface area is 149 Å². The number of hydrogen-bond donors (Lipinski definition) is 2. The van der Waals surface area contributed by atoms with Crippen LogP contribution in [0.5, 0.6) is 0 Å². The number of hydrogen-bond acceptors (Lipinski definition) is 5. The normalized spacial score (nSPS) is 15.2. The number of fused-ring (bicyclic) bond motifs is 4. The minimum absolute atomic E-state index is 0.518. The lowest BCUT2D eigenvalue weighted by molar-refractivity contribution is 0.181. The highest BCUT2D eigenvalue weighted by Crippen LogP contribution is 2.23. The Balaban J connectivity index is 1.65. The summed E-state index contributed by atoms with van der Waals surface area (Å²) in [5.74, 6) is 0.998. The number of nitrogens with zero attached hydrogens (tertiary/aromatic N) is 4. The summed E-state index contributed by atoms with van der Waals surface area (Å²) in [7, 11) is 0. The lowest BCUT2D eigenvalue weighted by Gasteiger charge is -2.10. The fraction of sp³-hybridized carbons (Fsp3) is 0.150. The summed E-state index contributed by atoms with van der Waals surface area (Å²) in [5, 5.41) is 16.1. The third kappa shape index (κ3) is 2.43. The molecule has 6 nitrogen and oxygen atoms in total. The van der Waals surface area contributed by atoms with Gasteiger partial charge in [-0.15, -0.1) is 0 Å². The van der Waals surface area contributed by atoms with Gasteiger partial charge >= 0.3 is 0 Å². The number of aliphatic hydroxyl groups excluding tert-OH is 1. The maximum Gasteiger partial charge on any atom is 0.229 e. The molecule has 4 aromatic rings. The topological polar surface area (TPSA) is 75.3 Å². The predicted molar refractivity (Wildman–Crippen MR) is 100 cm³/mol. The smallest absolute Gasteiger partial charge is 0.229 e. The molecule has 6 heteroatoms. The van der Waals surface area contributed by atoms with Crippen molar-refractivity contribution in [2.24, 2.45) is 4.99 Å². The van der Waals surface area contributed by atoms with Crippen LogP contribution in [0.4, 0.5) is 5.82 Å². The van der Waals surface area contributed by atoms with E-state index in [1.165, 1.54) is 0 Å². The largest absolute Gasteiger partial charge is 0.369 e. The average Bonchev–Trinajstić information content (AvgIpc) is 3.18. The van der Waals surface area contributed by atoms with E-state index in [4.69, 9.17) is 0 Å². The Kier molecular flexibility index (Phi) is 3.43. The molecule has 2 aromatic carbocycles. The van der Waals surface area contributed by atoms with Gasteiger partial charge < -0.3 is 10.4 Å². The molecule has 2 N–H and O–H groups in total. The van der Waals surface area contributed by atoms with Gasteiger partial charge in [-0.2, -0.15) is 0 Å². The molecule has 0 aliphatic carbocycles. The molecule has 3 heterocycles. The Morgan fingerprint density at radius 3 is 2.81 bits per heavy atom. The number of rotatable bonds is 2. The molecule has 0 amide bonds. The Hall–Kier alpha value is -3.25. The first kappa shape index (κ1) is 15.0. The Bertz CT molecular complexity index is 1200. The van der Waals surface area contributed by atoms with Crippen molar-refractivity contribution < 1.29 is 5.11 Å². The van der Waals surface area contributed by atoms with E-state index < -0.39 is 6.23 Å². The molecule has 2 aromatic heterocycles. The molecule has 0 radical (unpaired) electrons. The number of aromatic nitrogens is 3. The summed E-state index contributed by atoms with van der Waals surface area (Å²) in [6, 6.07) is 17.7. The standard InChI is InChI=1S/C20H17N5O/c26-19(14-11-13-5-1-3-7-16(13)22-12-14)24-20-23-17-8-4-2-6-15(17)18-21-9-10-25(18)20/h1-8,11-12,19,21,26H,9-10H2. The van der Waals surface area contributed by atoms with Gasteiger partial charge in [0, 0.05) is 35.6 Å². The maximum atomic E-state index is 10.7. The van der Waals surface area contributed by atoms with Crippen LogP contribution in [-0.2, 0) is 6.54 Å². The van der Waals surface area contributed by atoms with Crippen molar-refractivity contribution in [1.82, 2.24) is 14.5 Å². The number of benzene rings is 2. The fourth-order valence-corrected chi connectivity index (χ4v) is 3.39. The van der Waals surface area contributed by atoms with E-state index in [9.17, 15) is 5.11 Å². The number of para-hydroxylation sites is 2. The molecule has 1 atom stereocenters. The van der Waals surface area contributed by atoms with Crippen LogP contribution < -0.4 is 10.9 Å². The highest BCUT2D eigenvalue weighted by atomic mass is 16.3. The zero-order chi connectivity index (χ0) is 17.5. The molecule has 128 valence electrons. The lowest BCUT2D eigenvalue weighted by atomic mass is 10.1. The summed E-state index contributed by atoms with van der Waals surface area (Å²) < 4.78 is 2.01. The van der Waals surface area contributed by atoms with Crippen LogP contribution in [0.2, 0.25) is 0 Å². The number of anilines is 1. The van der Waals surface area contributed by atoms with E-state index in [1.54, 1.807) is 6.20 Å². The van der Waals surface area contributed by atoms with Crippen LogP contribution in [0, 0.1) is 0 Å². The molecule has 1 unspecified atom stereocenters. The predicted octanol–water partition coefficient (Wildman–Crippen LogP) is 2.60. The summed E-state index contributed by atoms with van der Waals surface area (Å²) in [6.07, 6.45) is 0.652. The quantitative estimate of drug-likeness (QED) is 0.587. The van der Waals surface area contributed by atoms with E-state index in [0.29, 0.717) is 11.2 Å². The highest BCUT2D eigenvalue weighted by Gasteiger charge is 2.16. The molecule has 26 heavy (non-hydrogen) atoms. The van der Waals surface area contributed by atoms with E-state index in [-0.39, 0.29) is 0 Å². The van der Waals surface area contributed by atoms with Gasteiger partial charge in [-0.05, 0) is 24.3 Å². The minimum atomic E-state index is -1.02. The number of aliphatic hydroxyl groups is 1. The van der Waals surface area contributed by atoms with E-state index in [0.717, 1.165) is 40.7 Å². The summed E-state index contributed by atoms with van der Waals surface area (Å²) in [6.45, 7) is 1.60. The van der Waals surface area contributed by atoms with E-state index in [1.807, 2.05) is 59.2 Å². The SMILES string of the molecule is OC(N=c1nc2ccccc2c2n1CCN2)c1cnc2ccccc2c1. The van der Waals surface area contributed by atoms with Crippen LogP contribution in [-0.4, -0.2) is 26.2 Å². The van der Waals surface area contributed by atoms with Gasteiger partial charge in [0.2, 0.25) is 5.62 Å². The zero-order valence-electron chi connectivity index (χ0n) is 14.0. The first-order valence-electron chi connectivity index (χ1n) is 8.60. The summed E-state index contributed by atoms with van der Waals surface area (Å²) >= 11 is 0. The van der Waals surface area contributed by atoms with Crippen molar-refractivity contribution in [1.29, 1.82) is 0 Å². The molecule has 0 bridgehead atoms. The number of nitrogens with one attached hydrogen (secondary N) is 1. The maximum absolute atomic E-state index is 10.7. The third-order valence-electron chi connectivity index (χ3n) is 4.67. The van der Waals surface area contributed by atoms with E-state index in [2.05, 4.69) is 20.3 Å². The van der Waals surface area contributed by atoms with Crippen molar-refractivity contribution >= 4 is 27.6 Å². The summed E-state index contributed by atoms with van der Waals surface area (Å²) in [4.78, 5) is 13.5. The molecule has 1 aliphatic heterocycles. The molecular weight excluding hydrogens is 326 g/mol. The zero-order valence-corrected chi connectivity index (χ0v) is 14.0. The second-order valence-electron chi connectivity index (χ2n) is 6.32. The molecule has 5 rings (SSSR count). The first-order chi connectivity index (χ1) is 12.8. The summed E-state index contributed by atoms with van der Waals surface area (Å²) in [5.41, 5.74) is 2.92. The Morgan fingerprint density at radius 2 is 1.88 bits per heavy atom. The fourth-order valence-electron chi connectivity index (χ4n) is 3.39. The van der Waals surface area contributed by atoms with Gasteiger partial charge in [0.25, 0.3) is 0 Å². The van der Waals surface area contributed by atoms with Crippen LogP contribution in [0.1, 0.15) is 11.8 Å². The monoisotopic (exact) mass is 343 g/mol. The van der Waals surface area contributed by atoms with Gasteiger partial charge in [-0.25, -0.2) is 9.98 Å². The minimum Gasteiger partial charge on any atom is -0.369 e. The lowest BCUT2D eigenvalue weighted by Crippen LogP contribution is -2.24. The molecule has 0 spiro atoms. The van der Waals surface area contributed by atoms with E-state index >= 15 is 0 Å². The Morgan fingerprint density at radius 1 is 1.08 bits per heavy atom. The van der Waals surface area contributed by atoms with Crippen LogP contribution in [0.25, 0.3) is 21.8 Å². The number of pyridine rings is 1. The second kappa shape index (κ2) is 5.93. The van der Waals surface area contributed by atoms with Crippen molar-refractivity contribution in [3.05, 3.63) is 72.0 Å². The van der Waals surface area contributed by atoms with Crippen molar-refractivity contribution in [2.45, 2.75) is 12.8 Å². The van der Waals surface area contributed by atoms with Crippen LogP contribution in [0.15, 0.2) is 65.8 Å². The molecule has 1 aliphatic rings. The van der Waals surface area contributed by atoms with Crippen molar-refractivity contribution in [2.75, 3.05) is 11.9 Å². The third-order valence-corrected chi connectivity index (χ3v) is 4.67. The molecule has 0 fully saturated rings. The van der Waals surface area contributed by atoms with Gasteiger partial charge in [-0.3, -0.25) is 9.55 Å². The van der Waals surface area contributed by atoms with Gasteiger partial charge in [0.05, 0.1) is 11.0 Å². The van der Waals surface area contributed by atoms with Crippen LogP contribution >= 0.6 is 0 Å². The molecule has 0 saturated carbocycles. The van der Waals surface area contributed by atoms with Gasteiger partial charge in [0.1, 0.15) is 5.82 Å². The first-order valence-corrected chi connectivity index (χ1v) is 8.60. The molecular formula is C20H17N5O. The van der Waals surface area contributed by atoms with Crippen molar-refractivity contribution in [3.63, 3.8) is 0 Å². The highest BCUT2D eigenvalue weighted by molar-refractivity contribution is 5.89.